The fourth-order valence-electron chi connectivity index (χ4n) is 5.27. The molecule has 8 heteroatoms. The summed E-state index contributed by atoms with van der Waals surface area (Å²) in [6.45, 7) is 1.87. The summed E-state index contributed by atoms with van der Waals surface area (Å²) in [5.41, 5.74) is 1.46. The van der Waals surface area contributed by atoms with Gasteiger partial charge in [0.25, 0.3) is 0 Å². The number of hydrogen-bond donors (Lipinski definition) is 1. The first-order valence-corrected chi connectivity index (χ1v) is 12.2. The maximum Gasteiger partial charge on any atom is 0.227 e. The number of carbonyl (C=O) groups excluding carboxylic acids is 1. The van der Waals surface area contributed by atoms with Crippen LogP contribution in [0.25, 0.3) is 11.0 Å². The van der Waals surface area contributed by atoms with Crippen LogP contribution in [0.1, 0.15) is 69.8 Å². The van der Waals surface area contributed by atoms with Crippen LogP contribution in [0.15, 0.2) is 40.9 Å². The highest BCUT2D eigenvalue weighted by Crippen LogP contribution is 2.42. The first-order valence-electron chi connectivity index (χ1n) is 11.4. The van der Waals surface area contributed by atoms with Gasteiger partial charge in [0.2, 0.25) is 5.91 Å². The van der Waals surface area contributed by atoms with E-state index in [1.165, 1.54) is 6.07 Å². The molecule has 0 unspecified atom stereocenters. The average Bonchev–Trinajstić information content (AvgIpc) is 3.14. The van der Waals surface area contributed by atoms with Crippen molar-refractivity contribution in [2.75, 3.05) is 4.90 Å². The summed E-state index contributed by atoms with van der Waals surface area (Å²) in [7, 11) is 0. The van der Waals surface area contributed by atoms with Gasteiger partial charge in [0.15, 0.2) is 11.6 Å². The van der Waals surface area contributed by atoms with Crippen molar-refractivity contribution in [3.05, 3.63) is 58.3 Å². The van der Waals surface area contributed by atoms with Crippen molar-refractivity contribution in [3.8, 4) is 0 Å². The van der Waals surface area contributed by atoms with Crippen molar-refractivity contribution in [2.45, 2.75) is 69.6 Å². The van der Waals surface area contributed by atoms with Gasteiger partial charge in [0.05, 0.1) is 22.7 Å². The van der Waals surface area contributed by atoms with Gasteiger partial charge in [-0.2, -0.15) is 0 Å². The molecule has 0 bridgehead atoms. The fourth-order valence-corrected chi connectivity index (χ4v) is 5.61. The van der Waals surface area contributed by atoms with Crippen molar-refractivity contribution < 1.29 is 18.7 Å². The first kappa shape index (κ1) is 22.5. The number of imidazole rings is 1. The third-order valence-electron chi connectivity index (χ3n) is 7.00. The number of aromatic nitrogens is 2. The summed E-state index contributed by atoms with van der Waals surface area (Å²) < 4.78 is 30.8. The largest absolute Gasteiger partial charge is 0.390 e. The molecule has 1 saturated heterocycles. The Morgan fingerprint density at radius 3 is 2.58 bits per heavy atom. The van der Waals surface area contributed by atoms with Gasteiger partial charge in [-0.25, -0.2) is 13.8 Å². The van der Waals surface area contributed by atoms with Crippen LogP contribution in [-0.2, 0) is 4.79 Å². The molecule has 2 aromatic carbocycles. The molecule has 1 aliphatic heterocycles. The number of aliphatic hydroxyl groups is 1. The van der Waals surface area contributed by atoms with Crippen molar-refractivity contribution in [1.82, 2.24) is 9.55 Å². The quantitative estimate of drug-likeness (QED) is 0.449. The van der Waals surface area contributed by atoms with Gasteiger partial charge in [0.1, 0.15) is 5.82 Å². The molecule has 1 saturated carbocycles. The zero-order valence-corrected chi connectivity index (χ0v) is 20.0. The highest BCUT2D eigenvalue weighted by Gasteiger charge is 2.37. The molecule has 1 N–H and O–H groups in total. The Morgan fingerprint density at radius 1 is 1.09 bits per heavy atom. The molecule has 3 aromatic rings. The molecule has 0 radical (unpaired) electrons. The number of halogens is 3. The van der Waals surface area contributed by atoms with Crippen molar-refractivity contribution in [1.29, 1.82) is 0 Å². The Bertz CT molecular complexity index is 1220. The second-order valence-electron chi connectivity index (χ2n) is 9.47. The SMILES string of the molecule is CC1(O)CCC(n2c([C@@H]3CCCC(=O)N3c3ccc(F)c(F)c3)nc3cc(Br)ccc32)CC1. The third-order valence-corrected chi connectivity index (χ3v) is 7.50. The van der Waals surface area contributed by atoms with E-state index in [0.29, 0.717) is 37.8 Å². The molecule has 1 amide bonds. The van der Waals surface area contributed by atoms with E-state index in [1.807, 2.05) is 25.1 Å². The van der Waals surface area contributed by atoms with Gasteiger partial charge in [-0.1, -0.05) is 15.9 Å². The number of benzene rings is 2. The standard InChI is InChI=1S/C25H26BrF2N3O2/c1-25(33)11-9-16(10-12-25)31-21-8-5-15(26)13-20(21)29-24(31)22-3-2-4-23(32)30(22)17-6-7-18(27)19(28)14-17/h5-8,13-14,16,22,33H,2-4,9-12H2,1H3/t16?,22-,25?/m0/s1. The van der Waals surface area contributed by atoms with Crippen LogP contribution >= 0.6 is 15.9 Å². The smallest absolute Gasteiger partial charge is 0.227 e. The summed E-state index contributed by atoms with van der Waals surface area (Å²) in [5.74, 6) is -1.28. The van der Waals surface area contributed by atoms with E-state index in [-0.39, 0.29) is 18.0 Å². The van der Waals surface area contributed by atoms with Gasteiger partial charge >= 0.3 is 0 Å². The van der Waals surface area contributed by atoms with Crippen molar-refractivity contribution in [3.63, 3.8) is 0 Å². The minimum Gasteiger partial charge on any atom is -0.390 e. The molecule has 2 fully saturated rings. The van der Waals surface area contributed by atoms with E-state index >= 15 is 0 Å². The Labute approximate surface area is 199 Å². The lowest BCUT2D eigenvalue weighted by Crippen LogP contribution is -2.40. The monoisotopic (exact) mass is 517 g/mol. The van der Waals surface area contributed by atoms with Gasteiger partial charge in [0, 0.05) is 28.7 Å². The molecule has 0 spiro atoms. The molecule has 1 aromatic heterocycles. The molecular formula is C25H26BrF2N3O2. The van der Waals surface area contributed by atoms with E-state index in [0.717, 1.165) is 46.3 Å². The topological polar surface area (TPSA) is 58.4 Å². The minimum atomic E-state index is -0.975. The molecule has 174 valence electrons. The van der Waals surface area contributed by atoms with Crippen LogP contribution in [0.3, 0.4) is 0 Å². The summed E-state index contributed by atoms with van der Waals surface area (Å²) in [5, 5.41) is 10.5. The number of carbonyl (C=O) groups is 1. The number of anilines is 1. The highest BCUT2D eigenvalue weighted by atomic mass is 79.9. The van der Waals surface area contributed by atoms with Crippen LogP contribution in [-0.4, -0.2) is 26.2 Å². The number of piperidine rings is 1. The molecule has 33 heavy (non-hydrogen) atoms. The Hall–Kier alpha value is -2.32. The number of hydrogen-bond acceptors (Lipinski definition) is 3. The number of nitrogens with zero attached hydrogens (tertiary/aromatic N) is 3. The molecule has 1 aliphatic carbocycles. The van der Waals surface area contributed by atoms with Crippen LogP contribution in [0.2, 0.25) is 0 Å². The summed E-state index contributed by atoms with van der Waals surface area (Å²) in [4.78, 5) is 19.6. The number of fused-ring (bicyclic) bond motifs is 1. The molecular weight excluding hydrogens is 492 g/mol. The predicted octanol–water partition coefficient (Wildman–Crippen LogP) is 6.20. The van der Waals surface area contributed by atoms with Crippen LogP contribution < -0.4 is 4.90 Å². The normalized spacial score (nSPS) is 26.2. The van der Waals surface area contributed by atoms with Crippen LogP contribution in [0.4, 0.5) is 14.5 Å². The highest BCUT2D eigenvalue weighted by molar-refractivity contribution is 9.10. The molecule has 5 nitrogen and oxygen atoms in total. The molecule has 5 rings (SSSR count). The molecule has 2 heterocycles. The average molecular weight is 518 g/mol. The maximum absolute atomic E-state index is 14.1. The lowest BCUT2D eigenvalue weighted by Gasteiger charge is -2.38. The second-order valence-corrected chi connectivity index (χ2v) is 10.4. The van der Waals surface area contributed by atoms with E-state index in [1.54, 1.807) is 4.90 Å². The van der Waals surface area contributed by atoms with E-state index in [9.17, 15) is 18.7 Å². The Balaban J connectivity index is 1.64. The lowest BCUT2D eigenvalue weighted by atomic mass is 9.83. The van der Waals surface area contributed by atoms with Crippen molar-refractivity contribution in [2.24, 2.45) is 0 Å². The Kier molecular flexibility index (Phi) is 5.77. The second kappa shape index (κ2) is 8.47. The van der Waals surface area contributed by atoms with E-state index in [2.05, 4.69) is 20.5 Å². The predicted molar refractivity (Wildman–Crippen MR) is 126 cm³/mol. The maximum atomic E-state index is 14.1. The minimum absolute atomic E-state index is 0.122. The lowest BCUT2D eigenvalue weighted by molar-refractivity contribution is -0.120. The summed E-state index contributed by atoms with van der Waals surface area (Å²) in [6.07, 6.45) is 4.71. The summed E-state index contributed by atoms with van der Waals surface area (Å²) >= 11 is 3.52. The number of rotatable bonds is 3. The van der Waals surface area contributed by atoms with Gasteiger partial charge in [-0.3, -0.25) is 4.79 Å². The first-order chi connectivity index (χ1) is 15.7. The third kappa shape index (κ3) is 4.19. The summed E-state index contributed by atoms with van der Waals surface area (Å²) in [6, 6.07) is 9.31. The number of amides is 1. The van der Waals surface area contributed by atoms with Crippen molar-refractivity contribution >= 4 is 38.6 Å². The fraction of sp³-hybridized carbons (Fsp3) is 0.440. The van der Waals surface area contributed by atoms with Gasteiger partial charge in [-0.05, 0) is 75.8 Å². The zero-order chi connectivity index (χ0) is 23.3. The van der Waals surface area contributed by atoms with Crippen LogP contribution in [0, 0.1) is 11.6 Å². The van der Waals surface area contributed by atoms with Crippen LogP contribution in [0.5, 0.6) is 0 Å². The van der Waals surface area contributed by atoms with Gasteiger partial charge in [-0.15, -0.1) is 0 Å². The molecule has 2 aliphatic rings. The van der Waals surface area contributed by atoms with Gasteiger partial charge < -0.3 is 14.6 Å². The zero-order valence-electron chi connectivity index (χ0n) is 18.4. The Morgan fingerprint density at radius 2 is 1.85 bits per heavy atom. The van der Waals surface area contributed by atoms with E-state index < -0.39 is 17.2 Å². The molecule has 1 atom stereocenters. The van der Waals surface area contributed by atoms with E-state index in [4.69, 9.17) is 4.98 Å².